The Morgan fingerprint density at radius 2 is 2.36 bits per heavy atom. The number of hydrogen-bond donors (Lipinski definition) is 1. The number of rotatable bonds is 3. The average molecular weight is 257 g/mol. The van der Waals surface area contributed by atoms with Crippen molar-refractivity contribution >= 4 is 21.6 Å². The molecule has 0 aromatic carbocycles. The Hall–Kier alpha value is -0.770. The summed E-state index contributed by atoms with van der Waals surface area (Å²) in [7, 11) is 0. The van der Waals surface area contributed by atoms with Crippen LogP contribution < -0.4 is 10.5 Å². The second-order valence-electron chi connectivity index (χ2n) is 3.63. The van der Waals surface area contributed by atoms with Gasteiger partial charge in [-0.2, -0.15) is 0 Å². The van der Waals surface area contributed by atoms with Gasteiger partial charge in [0.15, 0.2) is 0 Å². The summed E-state index contributed by atoms with van der Waals surface area (Å²) in [6.45, 7) is 0.759. The molecule has 0 amide bonds. The van der Waals surface area contributed by atoms with E-state index in [0.717, 1.165) is 11.1 Å². The topological polar surface area (TPSA) is 48.1 Å². The third-order valence-corrected chi connectivity index (χ3v) is 3.36. The number of nitrogens with zero attached hydrogens (tertiary/aromatic N) is 1. The lowest BCUT2D eigenvalue weighted by Crippen LogP contribution is -2.19. The standard InChI is InChI=1S/C10H13BrN2O/c11-9-8(12)4-5-13-10(9)14-6-7-2-1-3-7/h4-5,7H,1-3,6H2,(H2,12,13). The Labute approximate surface area is 91.8 Å². The molecule has 0 unspecified atom stereocenters. The van der Waals surface area contributed by atoms with Gasteiger partial charge in [0.2, 0.25) is 5.88 Å². The zero-order chi connectivity index (χ0) is 9.97. The van der Waals surface area contributed by atoms with Crippen LogP contribution in [0.25, 0.3) is 0 Å². The van der Waals surface area contributed by atoms with E-state index >= 15 is 0 Å². The molecule has 3 nitrogen and oxygen atoms in total. The predicted octanol–water partition coefficient (Wildman–Crippen LogP) is 2.61. The van der Waals surface area contributed by atoms with Gasteiger partial charge in [0, 0.05) is 6.20 Å². The number of hydrogen-bond acceptors (Lipinski definition) is 3. The van der Waals surface area contributed by atoms with E-state index in [0.29, 0.717) is 17.5 Å². The normalized spacial score (nSPS) is 16.4. The maximum absolute atomic E-state index is 5.71. The summed E-state index contributed by atoms with van der Waals surface area (Å²) >= 11 is 3.36. The molecule has 0 saturated heterocycles. The molecule has 14 heavy (non-hydrogen) atoms. The van der Waals surface area contributed by atoms with Crippen LogP contribution in [0.1, 0.15) is 19.3 Å². The molecule has 1 fully saturated rings. The molecule has 2 N–H and O–H groups in total. The first-order chi connectivity index (χ1) is 6.77. The maximum Gasteiger partial charge on any atom is 0.230 e. The van der Waals surface area contributed by atoms with E-state index in [1.807, 2.05) is 0 Å². The number of halogens is 1. The molecule has 1 aromatic rings. The molecule has 0 radical (unpaired) electrons. The molecule has 1 aliphatic rings. The monoisotopic (exact) mass is 256 g/mol. The molecule has 76 valence electrons. The largest absolute Gasteiger partial charge is 0.477 e. The maximum atomic E-state index is 5.71. The second kappa shape index (κ2) is 4.17. The number of nitrogen functional groups attached to an aromatic ring is 1. The van der Waals surface area contributed by atoms with Crippen molar-refractivity contribution in [3.63, 3.8) is 0 Å². The fraction of sp³-hybridized carbons (Fsp3) is 0.500. The van der Waals surface area contributed by atoms with E-state index < -0.39 is 0 Å². The lowest BCUT2D eigenvalue weighted by atomic mass is 9.86. The zero-order valence-corrected chi connectivity index (χ0v) is 9.46. The molecule has 2 rings (SSSR count). The summed E-state index contributed by atoms with van der Waals surface area (Å²) < 4.78 is 6.35. The Bertz CT molecular complexity index is 326. The van der Waals surface area contributed by atoms with Crippen LogP contribution in [0.4, 0.5) is 5.69 Å². The first kappa shape index (κ1) is 9.77. The molecule has 4 heteroatoms. The van der Waals surface area contributed by atoms with Gasteiger partial charge in [0.05, 0.1) is 12.3 Å². The first-order valence-corrected chi connectivity index (χ1v) is 5.59. The zero-order valence-electron chi connectivity index (χ0n) is 7.87. The molecule has 0 spiro atoms. The van der Waals surface area contributed by atoms with Crippen molar-refractivity contribution in [1.29, 1.82) is 0 Å². The van der Waals surface area contributed by atoms with Crippen molar-refractivity contribution in [3.05, 3.63) is 16.7 Å². The van der Waals surface area contributed by atoms with Gasteiger partial charge in [-0.15, -0.1) is 0 Å². The lowest BCUT2D eigenvalue weighted by Gasteiger charge is -2.25. The van der Waals surface area contributed by atoms with Crippen molar-refractivity contribution in [3.8, 4) is 5.88 Å². The van der Waals surface area contributed by atoms with Crippen molar-refractivity contribution < 1.29 is 4.74 Å². The molecule has 0 bridgehead atoms. The third kappa shape index (κ3) is 2.00. The molecular formula is C10H13BrN2O. The van der Waals surface area contributed by atoms with Crippen LogP contribution in [0.15, 0.2) is 16.7 Å². The lowest BCUT2D eigenvalue weighted by molar-refractivity contribution is 0.175. The van der Waals surface area contributed by atoms with Crippen LogP contribution in [0.3, 0.4) is 0 Å². The van der Waals surface area contributed by atoms with Crippen LogP contribution >= 0.6 is 15.9 Å². The van der Waals surface area contributed by atoms with Crippen LogP contribution in [-0.2, 0) is 0 Å². The smallest absolute Gasteiger partial charge is 0.230 e. The van der Waals surface area contributed by atoms with Gasteiger partial charge in [0.25, 0.3) is 0 Å². The summed E-state index contributed by atoms with van der Waals surface area (Å²) in [5.41, 5.74) is 6.38. The summed E-state index contributed by atoms with van der Waals surface area (Å²) in [5, 5.41) is 0. The Morgan fingerprint density at radius 1 is 1.57 bits per heavy atom. The van der Waals surface area contributed by atoms with E-state index in [1.54, 1.807) is 12.3 Å². The minimum absolute atomic E-state index is 0.608. The predicted molar refractivity (Wildman–Crippen MR) is 59.2 cm³/mol. The SMILES string of the molecule is Nc1ccnc(OCC2CCC2)c1Br. The van der Waals surface area contributed by atoms with E-state index in [2.05, 4.69) is 20.9 Å². The first-order valence-electron chi connectivity index (χ1n) is 4.80. The molecule has 1 aromatic heterocycles. The van der Waals surface area contributed by atoms with Gasteiger partial charge in [-0.05, 0) is 40.8 Å². The Morgan fingerprint density at radius 3 is 3.00 bits per heavy atom. The van der Waals surface area contributed by atoms with Crippen molar-refractivity contribution in [2.75, 3.05) is 12.3 Å². The quantitative estimate of drug-likeness (QED) is 0.905. The summed E-state index contributed by atoms with van der Waals surface area (Å²) in [4.78, 5) is 4.12. The van der Waals surface area contributed by atoms with Gasteiger partial charge < -0.3 is 10.5 Å². The van der Waals surface area contributed by atoms with E-state index in [9.17, 15) is 0 Å². The fourth-order valence-electron chi connectivity index (χ4n) is 1.40. The number of ether oxygens (including phenoxy) is 1. The highest BCUT2D eigenvalue weighted by Crippen LogP contribution is 2.31. The van der Waals surface area contributed by atoms with Crippen LogP contribution in [0.2, 0.25) is 0 Å². The van der Waals surface area contributed by atoms with E-state index in [4.69, 9.17) is 10.5 Å². The number of nitrogens with two attached hydrogens (primary N) is 1. The van der Waals surface area contributed by atoms with Crippen molar-refractivity contribution in [2.45, 2.75) is 19.3 Å². The highest BCUT2D eigenvalue weighted by atomic mass is 79.9. The average Bonchev–Trinajstić information content (AvgIpc) is 2.09. The number of aromatic nitrogens is 1. The summed E-state index contributed by atoms with van der Waals surface area (Å²) in [5.74, 6) is 1.32. The van der Waals surface area contributed by atoms with Gasteiger partial charge in [-0.25, -0.2) is 4.98 Å². The number of pyridine rings is 1. The molecule has 1 aliphatic carbocycles. The minimum Gasteiger partial charge on any atom is -0.477 e. The van der Waals surface area contributed by atoms with Crippen molar-refractivity contribution in [1.82, 2.24) is 4.98 Å². The van der Waals surface area contributed by atoms with Gasteiger partial charge in [-0.1, -0.05) is 6.42 Å². The van der Waals surface area contributed by atoms with E-state index in [1.165, 1.54) is 19.3 Å². The molecule has 0 aliphatic heterocycles. The molecule has 1 heterocycles. The molecular weight excluding hydrogens is 244 g/mol. The summed E-state index contributed by atoms with van der Waals surface area (Å²) in [6, 6.07) is 1.75. The summed E-state index contributed by atoms with van der Waals surface area (Å²) in [6.07, 6.45) is 5.55. The van der Waals surface area contributed by atoms with Crippen LogP contribution in [-0.4, -0.2) is 11.6 Å². The van der Waals surface area contributed by atoms with Gasteiger partial charge in [-0.3, -0.25) is 0 Å². The van der Waals surface area contributed by atoms with Crippen LogP contribution in [0.5, 0.6) is 5.88 Å². The van der Waals surface area contributed by atoms with Gasteiger partial charge in [0.1, 0.15) is 4.47 Å². The third-order valence-electron chi connectivity index (χ3n) is 2.57. The fourth-order valence-corrected chi connectivity index (χ4v) is 1.74. The highest BCUT2D eigenvalue weighted by Gasteiger charge is 2.18. The van der Waals surface area contributed by atoms with Crippen LogP contribution in [0, 0.1) is 5.92 Å². The van der Waals surface area contributed by atoms with Gasteiger partial charge >= 0.3 is 0 Å². The minimum atomic E-state index is 0.608. The highest BCUT2D eigenvalue weighted by molar-refractivity contribution is 9.10. The van der Waals surface area contributed by atoms with E-state index in [-0.39, 0.29) is 0 Å². The second-order valence-corrected chi connectivity index (χ2v) is 4.42. The Balaban J connectivity index is 1.97. The number of anilines is 1. The Kier molecular flexibility index (Phi) is 2.91. The molecule has 0 atom stereocenters. The van der Waals surface area contributed by atoms with Crippen molar-refractivity contribution in [2.24, 2.45) is 5.92 Å². The molecule has 1 saturated carbocycles.